The van der Waals surface area contributed by atoms with Crippen LogP contribution in [0.3, 0.4) is 0 Å². The zero-order valence-corrected chi connectivity index (χ0v) is 8.24. The Labute approximate surface area is 68.5 Å². The third kappa shape index (κ3) is 10.9. The van der Waals surface area contributed by atoms with Gasteiger partial charge in [0.1, 0.15) is 0 Å². The highest BCUT2D eigenvalue weighted by Gasteiger charge is 1.95. The smallest absolute Gasteiger partial charge is 0 e. The van der Waals surface area contributed by atoms with E-state index in [1.807, 2.05) is 27.7 Å². The van der Waals surface area contributed by atoms with Gasteiger partial charge in [-0.05, 0) is 0 Å². The molecule has 0 atom stereocenters. The topological polar surface area (TPSA) is 0 Å². The maximum atomic E-state index is 2.00. The van der Waals surface area contributed by atoms with Crippen molar-refractivity contribution in [1.29, 1.82) is 0 Å². The zero-order valence-electron chi connectivity index (χ0n) is 8.24. The number of rotatable bonds is 0. The summed E-state index contributed by atoms with van der Waals surface area (Å²) in [6.07, 6.45) is 9.00. The monoisotopic (exact) mass is 147 g/mol. The van der Waals surface area contributed by atoms with Crippen LogP contribution in [-0.2, 0) is 0 Å². The molecule has 0 nitrogen and oxygen atoms in total. The Morgan fingerprint density at radius 2 is 0.600 bits per heavy atom. The van der Waals surface area contributed by atoms with Crippen LogP contribution in [0.4, 0.5) is 0 Å². The van der Waals surface area contributed by atoms with Gasteiger partial charge in [-0.25, -0.2) is 0 Å². The van der Waals surface area contributed by atoms with Crippen LogP contribution >= 0.6 is 0 Å². The molecule has 0 spiro atoms. The van der Waals surface area contributed by atoms with E-state index in [1.54, 1.807) is 0 Å². The van der Waals surface area contributed by atoms with Crippen molar-refractivity contribution in [2.45, 2.75) is 66.2 Å². The summed E-state index contributed by atoms with van der Waals surface area (Å²) in [4.78, 5) is 0. The lowest BCUT2D eigenvalue weighted by Gasteiger charge is -2.05. The quantitative estimate of drug-likeness (QED) is 0.468. The standard InChI is InChI=1S/C6H12.2C2H6.H2/c1-2-4-6-5-3-1;2*1-2;/h1-6H2;2*1-2H3;1H/i;;;1+1. The second kappa shape index (κ2) is 16.0. The van der Waals surface area contributed by atoms with Gasteiger partial charge in [0.05, 0.1) is 0 Å². The van der Waals surface area contributed by atoms with E-state index in [4.69, 9.17) is 0 Å². The van der Waals surface area contributed by atoms with Crippen LogP contribution in [0.15, 0.2) is 0 Å². The first-order valence-corrected chi connectivity index (χ1v) is 5.00. The first-order valence-electron chi connectivity index (χ1n) is 5.00. The Bertz CT molecular complexity index is 20.3. The van der Waals surface area contributed by atoms with Crippen LogP contribution in [-0.4, -0.2) is 0 Å². The van der Waals surface area contributed by atoms with Gasteiger partial charge in [-0.15, -0.1) is 0 Å². The molecule has 10 heavy (non-hydrogen) atoms. The predicted molar refractivity (Wildman–Crippen MR) is 52.5 cm³/mol. The summed E-state index contributed by atoms with van der Waals surface area (Å²) in [7, 11) is 0. The lowest BCUT2D eigenvalue weighted by atomic mass is 10.0. The summed E-state index contributed by atoms with van der Waals surface area (Å²) < 4.78 is 0. The van der Waals surface area contributed by atoms with E-state index in [0.29, 0.717) is 0 Å². The minimum absolute atomic E-state index is 0. The van der Waals surface area contributed by atoms with Crippen LogP contribution in [0, 0.1) is 0 Å². The van der Waals surface area contributed by atoms with Crippen molar-refractivity contribution < 1.29 is 1.43 Å². The van der Waals surface area contributed by atoms with Crippen molar-refractivity contribution in [3.8, 4) is 0 Å². The van der Waals surface area contributed by atoms with Crippen molar-refractivity contribution in [1.82, 2.24) is 0 Å². The molecule has 66 valence electrons. The molecule has 0 N–H and O–H groups in total. The lowest BCUT2D eigenvalue weighted by molar-refractivity contribution is 0.504. The van der Waals surface area contributed by atoms with Crippen molar-refractivity contribution >= 4 is 0 Å². The first-order chi connectivity index (χ1) is 5.00. The molecule has 0 amide bonds. The molecular weight excluding hydrogens is 120 g/mol. The highest BCUT2D eigenvalue weighted by Crippen LogP contribution is 2.15. The second-order valence-corrected chi connectivity index (χ2v) is 2.12. The molecule has 0 aromatic rings. The minimum atomic E-state index is 0. The SMILES string of the molecule is C1CCCCC1.CC.CC.[2HH]. The van der Waals surface area contributed by atoms with E-state index >= 15 is 0 Å². The van der Waals surface area contributed by atoms with E-state index in [0.717, 1.165) is 0 Å². The molecule has 0 heteroatoms. The lowest BCUT2D eigenvalue weighted by Crippen LogP contribution is -1.85. The predicted octanol–water partition coefficient (Wildman–Crippen LogP) is 4.64. The van der Waals surface area contributed by atoms with E-state index in [9.17, 15) is 0 Å². The maximum Gasteiger partial charge on any atom is 0 e. The van der Waals surface area contributed by atoms with Crippen molar-refractivity contribution in [2.75, 3.05) is 0 Å². The molecule has 1 rings (SSSR count). The van der Waals surface area contributed by atoms with E-state index in [-0.39, 0.29) is 1.43 Å². The van der Waals surface area contributed by atoms with Gasteiger partial charge in [0, 0.05) is 1.43 Å². The van der Waals surface area contributed by atoms with Gasteiger partial charge < -0.3 is 0 Å². The fourth-order valence-electron chi connectivity index (χ4n) is 1.06. The summed E-state index contributed by atoms with van der Waals surface area (Å²) in [5.41, 5.74) is 0. The zero-order chi connectivity index (χ0) is 8.24. The fraction of sp³-hybridized carbons (Fsp3) is 1.00. The molecule has 0 radical (unpaired) electrons. The molecule has 0 aromatic heterocycles. The Hall–Kier alpha value is 0. The van der Waals surface area contributed by atoms with Gasteiger partial charge in [0.15, 0.2) is 0 Å². The summed E-state index contributed by atoms with van der Waals surface area (Å²) in [5, 5.41) is 0. The van der Waals surface area contributed by atoms with Gasteiger partial charge in [-0.3, -0.25) is 0 Å². The highest BCUT2D eigenvalue weighted by molar-refractivity contribution is 4.51. The van der Waals surface area contributed by atoms with E-state index < -0.39 is 0 Å². The van der Waals surface area contributed by atoms with Gasteiger partial charge in [-0.1, -0.05) is 66.2 Å². The van der Waals surface area contributed by atoms with Crippen LogP contribution in [0.5, 0.6) is 0 Å². The summed E-state index contributed by atoms with van der Waals surface area (Å²) in [6.45, 7) is 8.00. The second-order valence-electron chi connectivity index (χ2n) is 2.12. The van der Waals surface area contributed by atoms with Crippen LogP contribution in [0.25, 0.3) is 0 Å². The Morgan fingerprint density at radius 3 is 0.700 bits per heavy atom. The molecule has 0 heterocycles. The van der Waals surface area contributed by atoms with E-state index in [1.165, 1.54) is 38.5 Å². The summed E-state index contributed by atoms with van der Waals surface area (Å²) in [6, 6.07) is 0. The van der Waals surface area contributed by atoms with Crippen LogP contribution in [0.2, 0.25) is 0 Å². The van der Waals surface area contributed by atoms with Crippen LogP contribution in [0.1, 0.15) is 67.6 Å². The number of hydrogen-bond donors (Lipinski definition) is 0. The Balaban J connectivity index is -0.000000114. The van der Waals surface area contributed by atoms with Gasteiger partial charge in [0.25, 0.3) is 0 Å². The third-order valence-electron chi connectivity index (χ3n) is 1.50. The van der Waals surface area contributed by atoms with Crippen molar-refractivity contribution in [2.24, 2.45) is 0 Å². The molecule has 0 unspecified atom stereocenters. The largest absolute Gasteiger partial charge is 0.0683 e. The van der Waals surface area contributed by atoms with Crippen LogP contribution < -0.4 is 0 Å². The van der Waals surface area contributed by atoms with Gasteiger partial charge >= 0.3 is 0 Å². The normalized spacial score (nSPS) is 15.6. The molecule has 0 aromatic carbocycles. The molecule has 1 fully saturated rings. The van der Waals surface area contributed by atoms with Crippen molar-refractivity contribution in [3.05, 3.63) is 0 Å². The molecule has 0 bridgehead atoms. The Kier molecular flexibility index (Phi) is 20.2. The van der Waals surface area contributed by atoms with Gasteiger partial charge in [-0.2, -0.15) is 0 Å². The summed E-state index contributed by atoms with van der Waals surface area (Å²) >= 11 is 0. The minimum Gasteiger partial charge on any atom is -0.0683 e. The molecule has 1 aliphatic rings. The maximum absolute atomic E-state index is 2.00. The Morgan fingerprint density at radius 1 is 0.500 bits per heavy atom. The molecule has 1 saturated carbocycles. The number of hydrogen-bond acceptors (Lipinski definition) is 0. The average Bonchev–Trinajstić information content (AvgIpc) is 2.14. The molecule has 1 aliphatic carbocycles. The fourth-order valence-corrected chi connectivity index (χ4v) is 1.06. The molecular formula is C10H26. The van der Waals surface area contributed by atoms with Gasteiger partial charge in [0.2, 0.25) is 0 Å². The third-order valence-corrected chi connectivity index (χ3v) is 1.50. The summed E-state index contributed by atoms with van der Waals surface area (Å²) in [5.74, 6) is 0. The first kappa shape index (κ1) is 12.7. The highest BCUT2D eigenvalue weighted by atomic mass is 14.0. The molecule has 0 saturated heterocycles. The average molecular weight is 147 g/mol. The van der Waals surface area contributed by atoms with Crippen molar-refractivity contribution in [3.63, 3.8) is 0 Å². The van der Waals surface area contributed by atoms with E-state index in [2.05, 4.69) is 0 Å². The molecule has 0 aliphatic heterocycles.